The fourth-order valence-corrected chi connectivity index (χ4v) is 2.70. The monoisotopic (exact) mass is 378 g/mol. The van der Waals surface area contributed by atoms with Crippen LogP contribution in [0, 0.1) is 0 Å². The van der Waals surface area contributed by atoms with Gasteiger partial charge in [0.05, 0.1) is 19.9 Å². The van der Waals surface area contributed by atoms with Gasteiger partial charge < -0.3 is 9.47 Å². The van der Waals surface area contributed by atoms with Gasteiger partial charge in [-0.1, -0.05) is 42.5 Å². The third kappa shape index (κ3) is 3.78. The van der Waals surface area contributed by atoms with Gasteiger partial charge in [-0.3, -0.25) is 14.9 Å². The second kappa shape index (κ2) is 8.22. The van der Waals surface area contributed by atoms with Gasteiger partial charge in [0.2, 0.25) is 0 Å². The van der Waals surface area contributed by atoms with Crippen LogP contribution in [0.25, 0.3) is 6.08 Å². The molecule has 0 radical (unpaired) electrons. The smallest absolute Gasteiger partial charge is 0.335 e. The van der Waals surface area contributed by atoms with Gasteiger partial charge in [-0.2, -0.15) is 0 Å². The van der Waals surface area contributed by atoms with Crippen LogP contribution in [0.15, 0.2) is 66.3 Å². The van der Waals surface area contributed by atoms with Crippen molar-refractivity contribution in [2.45, 2.75) is 0 Å². The first kappa shape index (κ1) is 18.9. The third-order valence-corrected chi connectivity index (χ3v) is 4.08. The first-order chi connectivity index (χ1) is 13.5. The molecule has 1 N–H and O–H groups in total. The van der Waals surface area contributed by atoms with Crippen molar-refractivity contribution in [1.82, 2.24) is 5.32 Å². The summed E-state index contributed by atoms with van der Waals surface area (Å²) < 4.78 is 10.4. The molecular weight excluding hydrogens is 360 g/mol. The Morgan fingerprint density at radius 3 is 2.32 bits per heavy atom. The van der Waals surface area contributed by atoms with Crippen LogP contribution in [0.1, 0.15) is 5.56 Å². The number of amides is 4. The molecule has 142 valence electrons. The summed E-state index contributed by atoms with van der Waals surface area (Å²) in [5, 5.41) is 2.18. The van der Waals surface area contributed by atoms with Crippen molar-refractivity contribution < 1.29 is 23.9 Å². The van der Waals surface area contributed by atoms with Crippen molar-refractivity contribution in [3.63, 3.8) is 0 Å². The summed E-state index contributed by atoms with van der Waals surface area (Å²) in [6.07, 6.45) is 4.72. The summed E-state index contributed by atoms with van der Waals surface area (Å²) in [5.41, 5.74) is 1.02. The molecule has 1 fully saturated rings. The number of hydrogen-bond acceptors (Lipinski definition) is 5. The van der Waals surface area contributed by atoms with Gasteiger partial charge in [0.1, 0.15) is 5.57 Å². The molecule has 1 aliphatic rings. The predicted molar refractivity (Wildman–Crippen MR) is 104 cm³/mol. The molecule has 1 heterocycles. The van der Waals surface area contributed by atoms with E-state index in [1.54, 1.807) is 18.2 Å². The SMILES string of the molecule is COc1ccc(N2C(=O)NC(=O)C(=CC=Cc3ccccc3)C2=O)cc1OC. The normalized spacial score (nSPS) is 15.9. The van der Waals surface area contributed by atoms with Crippen LogP contribution in [0.4, 0.5) is 10.5 Å². The Labute approximate surface area is 161 Å². The van der Waals surface area contributed by atoms with Crippen LogP contribution in [-0.2, 0) is 9.59 Å². The lowest BCUT2D eigenvalue weighted by Crippen LogP contribution is -2.54. The van der Waals surface area contributed by atoms with Crippen molar-refractivity contribution in [1.29, 1.82) is 0 Å². The van der Waals surface area contributed by atoms with Crippen molar-refractivity contribution in [3.8, 4) is 11.5 Å². The Bertz CT molecular complexity index is 980. The molecule has 7 nitrogen and oxygen atoms in total. The molecule has 0 atom stereocenters. The first-order valence-electron chi connectivity index (χ1n) is 8.40. The topological polar surface area (TPSA) is 84.9 Å². The highest BCUT2D eigenvalue weighted by atomic mass is 16.5. The molecule has 2 aromatic rings. The van der Waals surface area contributed by atoms with Gasteiger partial charge in [0.15, 0.2) is 11.5 Å². The van der Waals surface area contributed by atoms with Gasteiger partial charge in [-0.15, -0.1) is 0 Å². The van der Waals surface area contributed by atoms with Gasteiger partial charge in [0, 0.05) is 6.07 Å². The van der Waals surface area contributed by atoms with E-state index in [-0.39, 0.29) is 11.3 Å². The number of urea groups is 1. The number of carbonyl (C=O) groups is 3. The number of anilines is 1. The van der Waals surface area contributed by atoms with E-state index >= 15 is 0 Å². The number of benzene rings is 2. The van der Waals surface area contributed by atoms with Crippen molar-refractivity contribution in [2.75, 3.05) is 19.1 Å². The van der Waals surface area contributed by atoms with E-state index in [1.165, 1.54) is 32.4 Å². The number of hydrogen-bond donors (Lipinski definition) is 1. The fourth-order valence-electron chi connectivity index (χ4n) is 2.70. The van der Waals surface area contributed by atoms with Crippen molar-refractivity contribution >= 4 is 29.6 Å². The van der Waals surface area contributed by atoms with Crippen LogP contribution in [-0.4, -0.2) is 32.1 Å². The molecule has 0 saturated carbocycles. The summed E-state index contributed by atoms with van der Waals surface area (Å²) in [5.74, 6) is -0.663. The molecule has 1 saturated heterocycles. The average molecular weight is 378 g/mol. The van der Waals surface area contributed by atoms with Crippen LogP contribution >= 0.6 is 0 Å². The largest absolute Gasteiger partial charge is 0.493 e. The lowest BCUT2D eigenvalue weighted by atomic mass is 10.1. The molecule has 0 aromatic heterocycles. The number of barbiturate groups is 1. The number of nitrogens with zero attached hydrogens (tertiary/aromatic N) is 1. The number of rotatable bonds is 5. The maximum absolute atomic E-state index is 12.8. The Morgan fingerprint density at radius 1 is 0.929 bits per heavy atom. The summed E-state index contributed by atoms with van der Waals surface area (Å²) in [6.45, 7) is 0. The summed E-state index contributed by atoms with van der Waals surface area (Å²) in [6, 6.07) is 13.2. The maximum atomic E-state index is 12.8. The molecule has 7 heteroatoms. The molecule has 0 unspecified atom stereocenters. The number of imide groups is 2. The van der Waals surface area contributed by atoms with Crippen LogP contribution in [0.5, 0.6) is 11.5 Å². The average Bonchev–Trinajstić information content (AvgIpc) is 2.70. The molecule has 0 aliphatic carbocycles. The van der Waals surface area contributed by atoms with Crippen LogP contribution in [0.2, 0.25) is 0 Å². The van der Waals surface area contributed by atoms with E-state index < -0.39 is 17.8 Å². The quantitative estimate of drug-likeness (QED) is 0.639. The summed E-state index contributed by atoms with van der Waals surface area (Å²) >= 11 is 0. The second-order valence-electron chi connectivity index (χ2n) is 5.79. The standard InChI is InChI=1S/C21H18N2O5/c1-27-17-12-11-15(13-18(17)28-2)23-20(25)16(19(24)22-21(23)26)10-6-9-14-7-4-3-5-8-14/h3-13H,1-2H3,(H,22,24,26). The lowest BCUT2D eigenvalue weighted by molar-refractivity contribution is -0.122. The number of nitrogens with one attached hydrogen (secondary N) is 1. The zero-order chi connectivity index (χ0) is 20.1. The molecule has 0 spiro atoms. The summed E-state index contributed by atoms with van der Waals surface area (Å²) in [7, 11) is 2.93. The van der Waals surface area contributed by atoms with Gasteiger partial charge >= 0.3 is 6.03 Å². The Morgan fingerprint density at radius 2 is 1.64 bits per heavy atom. The zero-order valence-electron chi connectivity index (χ0n) is 15.3. The van der Waals surface area contributed by atoms with Gasteiger partial charge in [0.25, 0.3) is 11.8 Å². The predicted octanol–water partition coefficient (Wildman–Crippen LogP) is 2.93. The van der Waals surface area contributed by atoms with E-state index in [9.17, 15) is 14.4 Å². The zero-order valence-corrected chi connectivity index (χ0v) is 15.3. The van der Waals surface area contributed by atoms with E-state index in [0.717, 1.165) is 10.5 Å². The highest BCUT2D eigenvalue weighted by Crippen LogP contribution is 2.32. The lowest BCUT2D eigenvalue weighted by Gasteiger charge is -2.26. The van der Waals surface area contributed by atoms with E-state index in [0.29, 0.717) is 11.5 Å². The van der Waals surface area contributed by atoms with E-state index in [4.69, 9.17) is 9.47 Å². The number of ether oxygens (including phenoxy) is 2. The first-order valence-corrected chi connectivity index (χ1v) is 8.40. The Kier molecular flexibility index (Phi) is 5.55. The van der Waals surface area contributed by atoms with Gasteiger partial charge in [-0.05, 0) is 23.8 Å². The molecule has 4 amide bonds. The highest BCUT2D eigenvalue weighted by molar-refractivity contribution is 6.37. The minimum Gasteiger partial charge on any atom is -0.493 e. The van der Waals surface area contributed by atoms with E-state index in [1.807, 2.05) is 30.3 Å². The number of carbonyl (C=O) groups excluding carboxylic acids is 3. The number of allylic oxidation sites excluding steroid dienone is 2. The third-order valence-electron chi connectivity index (χ3n) is 4.08. The minimum atomic E-state index is -0.827. The number of methoxy groups -OCH3 is 2. The van der Waals surface area contributed by atoms with Crippen molar-refractivity contribution in [2.24, 2.45) is 0 Å². The molecule has 1 aliphatic heterocycles. The molecule has 28 heavy (non-hydrogen) atoms. The van der Waals surface area contributed by atoms with Gasteiger partial charge in [-0.25, -0.2) is 9.69 Å². The van der Waals surface area contributed by atoms with E-state index in [2.05, 4.69) is 5.32 Å². The minimum absolute atomic E-state index is 0.151. The van der Waals surface area contributed by atoms with Crippen LogP contribution in [0.3, 0.4) is 0 Å². The summed E-state index contributed by atoms with van der Waals surface area (Å²) in [4.78, 5) is 38.1. The molecule has 2 aromatic carbocycles. The molecule has 3 rings (SSSR count). The van der Waals surface area contributed by atoms with Crippen molar-refractivity contribution in [3.05, 3.63) is 71.8 Å². The second-order valence-corrected chi connectivity index (χ2v) is 5.79. The highest BCUT2D eigenvalue weighted by Gasteiger charge is 2.36. The maximum Gasteiger partial charge on any atom is 0.335 e. The van der Waals surface area contributed by atoms with Crippen LogP contribution < -0.4 is 19.7 Å². The Balaban J connectivity index is 1.92. The Hall–Kier alpha value is -3.87. The fraction of sp³-hybridized carbons (Fsp3) is 0.0952. The molecular formula is C21H18N2O5. The molecule has 0 bridgehead atoms.